The number of benzene rings is 2. The topological polar surface area (TPSA) is 23.6 Å². The van der Waals surface area contributed by atoms with Crippen LogP contribution in [0.4, 0.5) is 11.4 Å². The van der Waals surface area contributed by atoms with E-state index in [0.29, 0.717) is 16.0 Å². The van der Waals surface area contributed by atoms with Crippen LogP contribution in [0.25, 0.3) is 0 Å². The minimum atomic E-state index is -0.00406. The lowest BCUT2D eigenvalue weighted by Gasteiger charge is -2.15. The first-order valence-electron chi connectivity index (χ1n) is 6.72. The van der Waals surface area contributed by atoms with Crippen molar-refractivity contribution in [3.05, 3.63) is 53.6 Å². The van der Waals surface area contributed by atoms with E-state index in [1.807, 2.05) is 80.5 Å². The Morgan fingerprint density at radius 2 is 1.38 bits per heavy atom. The molecule has 0 saturated heterocycles. The number of carbonyl (C=O) groups excluding carboxylic acids is 1. The average Bonchev–Trinajstić information content (AvgIpc) is 2.46. The zero-order valence-electron chi connectivity index (χ0n) is 12.8. The molecule has 0 saturated carbocycles. The number of carbonyl (C=O) groups is 1. The van der Waals surface area contributed by atoms with Crippen molar-refractivity contribution in [2.75, 3.05) is 38.0 Å². The largest absolute Gasteiger partial charge is 0.378 e. The van der Waals surface area contributed by atoms with Crippen molar-refractivity contribution < 1.29 is 4.79 Å². The number of ketones is 1. The highest BCUT2D eigenvalue weighted by Gasteiger charge is 2.13. The van der Waals surface area contributed by atoms with Crippen molar-refractivity contribution in [2.45, 2.75) is 4.90 Å². The third-order valence-electron chi connectivity index (χ3n) is 3.39. The summed E-state index contributed by atoms with van der Waals surface area (Å²) < 4.78 is 0. The normalized spacial score (nSPS) is 10.3. The number of rotatable bonds is 4. The monoisotopic (exact) mass is 300 g/mol. The molecule has 0 aliphatic carbocycles. The summed E-state index contributed by atoms with van der Waals surface area (Å²) in [7, 11) is 7.87. The summed E-state index contributed by atoms with van der Waals surface area (Å²) in [5.41, 5.74) is 3.40. The van der Waals surface area contributed by atoms with Crippen LogP contribution in [0.1, 0.15) is 15.9 Å². The summed E-state index contributed by atoms with van der Waals surface area (Å²) in [6, 6.07) is 13.3. The summed E-state index contributed by atoms with van der Waals surface area (Å²) in [5.74, 6) is -0.00406. The highest BCUT2D eigenvalue weighted by Crippen LogP contribution is 2.24. The first-order chi connectivity index (χ1) is 9.90. The zero-order valence-corrected chi connectivity index (χ0v) is 13.7. The quantitative estimate of drug-likeness (QED) is 0.692. The van der Waals surface area contributed by atoms with E-state index < -0.39 is 0 Å². The molecule has 0 aliphatic rings. The van der Waals surface area contributed by atoms with E-state index >= 15 is 0 Å². The molecule has 0 amide bonds. The van der Waals surface area contributed by atoms with Gasteiger partial charge in [0.2, 0.25) is 0 Å². The molecule has 2 aromatic rings. The molecule has 2 rings (SSSR count). The molecule has 0 aromatic heterocycles. The smallest absolute Gasteiger partial charge is 0.194 e. The number of anilines is 2. The van der Waals surface area contributed by atoms with Crippen LogP contribution < -0.4 is 9.80 Å². The Morgan fingerprint density at radius 3 is 1.86 bits per heavy atom. The molecule has 2 aromatic carbocycles. The predicted molar refractivity (Wildman–Crippen MR) is 92.2 cm³/mol. The first kappa shape index (κ1) is 15.4. The van der Waals surface area contributed by atoms with E-state index in [0.717, 1.165) is 11.4 Å². The minimum Gasteiger partial charge on any atom is -0.378 e. The third kappa shape index (κ3) is 3.39. The second kappa shape index (κ2) is 6.22. The molecule has 3 nitrogen and oxygen atoms in total. The van der Waals surface area contributed by atoms with Gasteiger partial charge in [-0.05, 0) is 42.5 Å². The maximum absolute atomic E-state index is 12.6. The number of thiol groups is 1. The van der Waals surface area contributed by atoms with Gasteiger partial charge in [0.1, 0.15) is 0 Å². The van der Waals surface area contributed by atoms with Crippen molar-refractivity contribution in [3.63, 3.8) is 0 Å². The minimum absolute atomic E-state index is 0.00406. The van der Waals surface area contributed by atoms with E-state index in [1.54, 1.807) is 0 Å². The van der Waals surface area contributed by atoms with E-state index in [9.17, 15) is 4.79 Å². The lowest BCUT2D eigenvalue weighted by molar-refractivity contribution is 0.103. The van der Waals surface area contributed by atoms with E-state index in [4.69, 9.17) is 0 Å². The molecule has 0 fully saturated rings. The fraction of sp³-hybridized carbons (Fsp3) is 0.235. The number of hydrogen-bond acceptors (Lipinski definition) is 4. The predicted octanol–water partition coefficient (Wildman–Crippen LogP) is 3.34. The maximum Gasteiger partial charge on any atom is 0.194 e. The van der Waals surface area contributed by atoms with Gasteiger partial charge >= 0.3 is 0 Å². The average molecular weight is 300 g/mol. The van der Waals surface area contributed by atoms with E-state index in [2.05, 4.69) is 12.6 Å². The van der Waals surface area contributed by atoms with Crippen molar-refractivity contribution >= 4 is 29.8 Å². The van der Waals surface area contributed by atoms with Gasteiger partial charge in [-0.1, -0.05) is 0 Å². The van der Waals surface area contributed by atoms with Crippen molar-refractivity contribution in [1.82, 2.24) is 0 Å². The molecule has 110 valence electrons. The zero-order chi connectivity index (χ0) is 15.6. The van der Waals surface area contributed by atoms with Gasteiger partial charge in [0.05, 0.1) is 0 Å². The standard InChI is InChI=1S/C17H20N2OS/c1-18(2)13-7-5-12(6-8-13)17(20)15-10-9-14(19(3)4)11-16(15)21/h5-11,21H,1-4H3. The summed E-state index contributed by atoms with van der Waals surface area (Å²) in [6.45, 7) is 0. The van der Waals surface area contributed by atoms with Crippen molar-refractivity contribution in [2.24, 2.45) is 0 Å². The van der Waals surface area contributed by atoms with Crippen LogP contribution in [-0.2, 0) is 0 Å². The van der Waals surface area contributed by atoms with E-state index in [1.165, 1.54) is 0 Å². The SMILES string of the molecule is CN(C)c1ccc(C(=O)c2ccc(N(C)C)cc2S)cc1. The molecule has 4 heteroatoms. The van der Waals surface area contributed by atoms with Gasteiger partial charge in [0, 0.05) is 55.6 Å². The second-order valence-electron chi connectivity index (χ2n) is 5.37. The van der Waals surface area contributed by atoms with Crippen LogP contribution in [0.15, 0.2) is 47.4 Å². The number of hydrogen-bond donors (Lipinski definition) is 1. The Labute approximate surface area is 131 Å². The Hall–Kier alpha value is -1.94. The molecule has 0 unspecified atom stereocenters. The van der Waals surface area contributed by atoms with Gasteiger partial charge in [-0.3, -0.25) is 4.79 Å². The van der Waals surface area contributed by atoms with Gasteiger partial charge < -0.3 is 9.80 Å². The summed E-state index contributed by atoms with van der Waals surface area (Å²) in [6.07, 6.45) is 0. The van der Waals surface area contributed by atoms with Crippen molar-refractivity contribution in [1.29, 1.82) is 0 Å². The third-order valence-corrected chi connectivity index (χ3v) is 3.76. The Morgan fingerprint density at radius 1 is 0.857 bits per heavy atom. The summed E-state index contributed by atoms with van der Waals surface area (Å²) >= 11 is 4.45. The van der Waals surface area contributed by atoms with Gasteiger partial charge in [0.15, 0.2) is 5.78 Å². The molecule has 0 heterocycles. The number of nitrogens with zero attached hydrogens (tertiary/aromatic N) is 2. The van der Waals surface area contributed by atoms with Crippen LogP contribution in [0.5, 0.6) is 0 Å². The van der Waals surface area contributed by atoms with Crippen LogP contribution in [0.3, 0.4) is 0 Å². The van der Waals surface area contributed by atoms with Crippen LogP contribution in [0, 0.1) is 0 Å². The van der Waals surface area contributed by atoms with E-state index in [-0.39, 0.29) is 5.78 Å². The van der Waals surface area contributed by atoms with Crippen LogP contribution >= 0.6 is 12.6 Å². The lowest BCUT2D eigenvalue weighted by Crippen LogP contribution is -2.10. The highest BCUT2D eigenvalue weighted by atomic mass is 32.1. The van der Waals surface area contributed by atoms with Gasteiger partial charge in [0.25, 0.3) is 0 Å². The molecule has 0 spiro atoms. The lowest BCUT2D eigenvalue weighted by atomic mass is 10.0. The van der Waals surface area contributed by atoms with Gasteiger partial charge in [-0.25, -0.2) is 0 Å². The molecular formula is C17H20N2OS. The fourth-order valence-corrected chi connectivity index (χ4v) is 2.37. The van der Waals surface area contributed by atoms with Gasteiger partial charge in [-0.15, -0.1) is 12.6 Å². The molecular weight excluding hydrogens is 280 g/mol. The van der Waals surface area contributed by atoms with Crippen molar-refractivity contribution in [3.8, 4) is 0 Å². The molecule has 0 aliphatic heterocycles. The molecule has 21 heavy (non-hydrogen) atoms. The second-order valence-corrected chi connectivity index (χ2v) is 5.85. The Bertz CT molecular complexity index is 648. The Balaban J connectivity index is 2.31. The summed E-state index contributed by atoms with van der Waals surface area (Å²) in [4.78, 5) is 17.2. The van der Waals surface area contributed by atoms with Crippen LogP contribution in [-0.4, -0.2) is 34.0 Å². The summed E-state index contributed by atoms with van der Waals surface area (Å²) in [5, 5.41) is 0. The molecule has 0 bridgehead atoms. The first-order valence-corrected chi connectivity index (χ1v) is 7.17. The Kier molecular flexibility index (Phi) is 4.58. The fourth-order valence-electron chi connectivity index (χ4n) is 2.06. The maximum atomic E-state index is 12.6. The van der Waals surface area contributed by atoms with Gasteiger partial charge in [-0.2, -0.15) is 0 Å². The van der Waals surface area contributed by atoms with Crippen LogP contribution in [0.2, 0.25) is 0 Å². The molecule has 0 N–H and O–H groups in total. The highest BCUT2D eigenvalue weighted by molar-refractivity contribution is 7.80. The molecule has 0 atom stereocenters. The molecule has 0 radical (unpaired) electrons.